The highest BCUT2D eigenvalue weighted by molar-refractivity contribution is 5.93. The number of fused-ring (bicyclic) bond motifs is 1. The van der Waals surface area contributed by atoms with Crippen LogP contribution in [0.25, 0.3) is 16.6 Å². The predicted molar refractivity (Wildman–Crippen MR) is 96.2 cm³/mol. The van der Waals surface area contributed by atoms with Crippen molar-refractivity contribution >= 4 is 16.9 Å². The van der Waals surface area contributed by atoms with Gasteiger partial charge in [-0.15, -0.1) is 0 Å². The Morgan fingerprint density at radius 3 is 2.31 bits per heavy atom. The maximum absolute atomic E-state index is 12.6. The van der Waals surface area contributed by atoms with Gasteiger partial charge in [-0.05, 0) is 30.3 Å². The van der Waals surface area contributed by atoms with Crippen LogP contribution in [0.5, 0.6) is 17.2 Å². The zero-order valence-electron chi connectivity index (χ0n) is 14.5. The minimum atomic E-state index is -1.30. The Morgan fingerprint density at radius 1 is 0.962 bits per heavy atom. The molecule has 1 aromatic heterocycles. The Bertz CT molecular complexity index is 1050. The van der Waals surface area contributed by atoms with Crippen molar-refractivity contribution in [1.82, 2.24) is 4.57 Å². The molecule has 0 aliphatic carbocycles. The van der Waals surface area contributed by atoms with Gasteiger partial charge in [0.15, 0.2) is 11.5 Å². The van der Waals surface area contributed by atoms with Gasteiger partial charge >= 0.3 is 5.97 Å². The Hall–Kier alpha value is -3.48. The minimum absolute atomic E-state index is 0.249. The van der Waals surface area contributed by atoms with E-state index in [1.165, 1.54) is 33.6 Å². The highest BCUT2D eigenvalue weighted by atomic mass is 16.5. The molecule has 0 atom stereocenters. The zero-order valence-corrected chi connectivity index (χ0v) is 14.5. The SMILES string of the molecule is COc1ccc2c(c1)c(=O)c(C(=O)O)cn2-c1ccc(OC)c(OC)c1. The van der Waals surface area contributed by atoms with Crippen LogP contribution < -0.4 is 19.6 Å². The highest BCUT2D eigenvalue weighted by Crippen LogP contribution is 2.30. The molecule has 0 spiro atoms. The molecular weight excluding hydrogens is 338 g/mol. The van der Waals surface area contributed by atoms with Crippen molar-refractivity contribution in [2.45, 2.75) is 0 Å². The fraction of sp³-hybridized carbons (Fsp3) is 0.158. The van der Waals surface area contributed by atoms with Gasteiger partial charge in [0.2, 0.25) is 5.43 Å². The minimum Gasteiger partial charge on any atom is -0.497 e. The van der Waals surface area contributed by atoms with Gasteiger partial charge in [0.1, 0.15) is 11.3 Å². The summed E-state index contributed by atoms with van der Waals surface area (Å²) in [6, 6.07) is 10.1. The maximum atomic E-state index is 12.6. The third-order valence-electron chi connectivity index (χ3n) is 4.09. The van der Waals surface area contributed by atoms with Gasteiger partial charge in [-0.3, -0.25) is 4.79 Å². The second-order valence-electron chi connectivity index (χ2n) is 5.47. The molecule has 1 N–H and O–H groups in total. The first-order valence-electron chi connectivity index (χ1n) is 7.69. The van der Waals surface area contributed by atoms with Crippen molar-refractivity contribution in [2.75, 3.05) is 21.3 Å². The molecule has 1 heterocycles. The first kappa shape index (κ1) is 17.3. The molecule has 7 nitrogen and oxygen atoms in total. The molecule has 0 amide bonds. The summed E-state index contributed by atoms with van der Waals surface area (Å²) in [7, 11) is 4.52. The van der Waals surface area contributed by atoms with E-state index in [1.807, 2.05) is 0 Å². The standard InChI is InChI=1S/C19H17NO6/c1-24-12-5-6-15-13(9-12)18(21)14(19(22)23)10-20(15)11-4-7-16(25-2)17(8-11)26-3/h4-10H,1-3H3,(H,22,23). The fourth-order valence-electron chi connectivity index (χ4n) is 2.78. The van der Waals surface area contributed by atoms with E-state index >= 15 is 0 Å². The summed E-state index contributed by atoms with van der Waals surface area (Å²) in [6.45, 7) is 0. The molecule has 3 aromatic rings. The number of pyridine rings is 1. The lowest BCUT2D eigenvalue weighted by atomic mass is 10.1. The van der Waals surface area contributed by atoms with Gasteiger partial charge in [0.25, 0.3) is 0 Å². The van der Waals surface area contributed by atoms with Gasteiger partial charge in [0, 0.05) is 18.0 Å². The van der Waals surface area contributed by atoms with Crippen molar-refractivity contribution in [3.05, 3.63) is 58.4 Å². The van der Waals surface area contributed by atoms with Gasteiger partial charge in [0.05, 0.1) is 32.2 Å². The molecule has 0 unspecified atom stereocenters. The third-order valence-corrected chi connectivity index (χ3v) is 4.09. The van der Waals surface area contributed by atoms with Crippen LogP contribution in [0.4, 0.5) is 0 Å². The summed E-state index contributed by atoms with van der Waals surface area (Å²) in [5.41, 5.74) is 0.275. The molecule has 26 heavy (non-hydrogen) atoms. The van der Waals surface area contributed by atoms with Crippen LogP contribution in [-0.4, -0.2) is 37.0 Å². The summed E-state index contributed by atoms with van der Waals surface area (Å²) >= 11 is 0. The van der Waals surface area contributed by atoms with Crippen molar-refractivity contribution in [2.24, 2.45) is 0 Å². The van der Waals surface area contributed by atoms with Gasteiger partial charge in [-0.25, -0.2) is 4.79 Å². The number of hydrogen-bond donors (Lipinski definition) is 1. The molecule has 0 bridgehead atoms. The van der Waals surface area contributed by atoms with Crippen LogP contribution in [-0.2, 0) is 0 Å². The highest BCUT2D eigenvalue weighted by Gasteiger charge is 2.17. The molecule has 0 radical (unpaired) electrons. The number of rotatable bonds is 5. The number of nitrogens with zero attached hydrogens (tertiary/aromatic N) is 1. The molecule has 3 rings (SSSR count). The van der Waals surface area contributed by atoms with E-state index in [0.29, 0.717) is 28.5 Å². The van der Waals surface area contributed by atoms with E-state index in [1.54, 1.807) is 34.9 Å². The summed E-state index contributed by atoms with van der Waals surface area (Å²) in [5, 5.41) is 9.67. The van der Waals surface area contributed by atoms with Crippen molar-refractivity contribution < 1.29 is 24.1 Å². The second kappa shape index (κ2) is 6.79. The van der Waals surface area contributed by atoms with Crippen LogP contribution in [0, 0.1) is 0 Å². The fourth-order valence-corrected chi connectivity index (χ4v) is 2.78. The molecule has 0 fully saturated rings. The number of ether oxygens (including phenoxy) is 3. The van der Waals surface area contributed by atoms with Crippen LogP contribution in [0.3, 0.4) is 0 Å². The van der Waals surface area contributed by atoms with E-state index in [2.05, 4.69) is 0 Å². The number of aromatic carboxylic acids is 1. The molecule has 0 saturated carbocycles. The third kappa shape index (κ3) is 2.83. The first-order valence-corrected chi connectivity index (χ1v) is 7.69. The monoisotopic (exact) mass is 355 g/mol. The Labute approximate surface area is 149 Å². The summed E-state index contributed by atoms with van der Waals surface area (Å²) < 4.78 is 17.3. The number of methoxy groups -OCH3 is 3. The van der Waals surface area contributed by atoms with Crippen LogP contribution in [0.1, 0.15) is 10.4 Å². The van der Waals surface area contributed by atoms with Gasteiger partial charge < -0.3 is 23.9 Å². The maximum Gasteiger partial charge on any atom is 0.341 e. The largest absolute Gasteiger partial charge is 0.497 e. The second-order valence-corrected chi connectivity index (χ2v) is 5.47. The molecule has 134 valence electrons. The predicted octanol–water partition coefficient (Wildman–Crippen LogP) is 2.71. The number of aromatic nitrogens is 1. The van der Waals surface area contributed by atoms with Crippen molar-refractivity contribution in [3.63, 3.8) is 0 Å². The Balaban J connectivity index is 2.37. The smallest absolute Gasteiger partial charge is 0.341 e. The Morgan fingerprint density at radius 2 is 1.69 bits per heavy atom. The zero-order chi connectivity index (χ0) is 18.8. The van der Waals surface area contributed by atoms with Gasteiger partial charge in [-0.2, -0.15) is 0 Å². The molecule has 0 aliphatic rings. The van der Waals surface area contributed by atoms with E-state index in [4.69, 9.17) is 14.2 Å². The van der Waals surface area contributed by atoms with E-state index in [-0.39, 0.29) is 10.9 Å². The number of carboxylic acids is 1. The molecule has 0 saturated heterocycles. The Kier molecular flexibility index (Phi) is 4.53. The number of hydrogen-bond acceptors (Lipinski definition) is 5. The molecular formula is C19H17NO6. The molecule has 7 heteroatoms. The van der Waals surface area contributed by atoms with Crippen LogP contribution in [0.2, 0.25) is 0 Å². The quantitative estimate of drug-likeness (QED) is 0.757. The van der Waals surface area contributed by atoms with Crippen molar-refractivity contribution in [1.29, 1.82) is 0 Å². The normalized spacial score (nSPS) is 10.6. The van der Waals surface area contributed by atoms with Crippen molar-refractivity contribution in [3.8, 4) is 22.9 Å². The summed E-state index contributed by atoms with van der Waals surface area (Å²) in [6.07, 6.45) is 1.31. The molecule has 0 aliphatic heterocycles. The lowest BCUT2D eigenvalue weighted by Crippen LogP contribution is -2.18. The number of carboxylic acid groups (broad SMARTS) is 1. The molecule has 2 aromatic carbocycles. The average molecular weight is 355 g/mol. The number of benzene rings is 2. The first-order chi connectivity index (χ1) is 12.5. The van der Waals surface area contributed by atoms with Gasteiger partial charge in [-0.1, -0.05) is 0 Å². The van der Waals surface area contributed by atoms with Crippen LogP contribution in [0.15, 0.2) is 47.4 Å². The summed E-state index contributed by atoms with van der Waals surface area (Å²) in [5.74, 6) is 0.203. The van der Waals surface area contributed by atoms with E-state index in [0.717, 1.165) is 0 Å². The number of carbonyl (C=O) groups is 1. The topological polar surface area (TPSA) is 87.0 Å². The van der Waals surface area contributed by atoms with E-state index in [9.17, 15) is 14.7 Å². The van der Waals surface area contributed by atoms with Crippen LogP contribution >= 0.6 is 0 Å². The van der Waals surface area contributed by atoms with E-state index < -0.39 is 11.4 Å². The average Bonchev–Trinajstić information content (AvgIpc) is 2.67. The lowest BCUT2D eigenvalue weighted by molar-refractivity contribution is 0.0695. The lowest BCUT2D eigenvalue weighted by Gasteiger charge is -2.15. The summed E-state index contributed by atoms with van der Waals surface area (Å²) in [4.78, 5) is 24.1.